The van der Waals surface area contributed by atoms with Crippen LogP contribution in [0.3, 0.4) is 0 Å². The summed E-state index contributed by atoms with van der Waals surface area (Å²) in [5.41, 5.74) is 5.37. The molecule has 1 fully saturated rings. The Kier molecular flexibility index (Phi) is 2.34. The summed E-state index contributed by atoms with van der Waals surface area (Å²) < 4.78 is 0. The standard InChI is InChI=1S/C8H13N3O3/c1-8(9)4-2-3-6-7(5-8)11(13)14-10(6)12/h2,4,6-7H,3,5,9H2,1H3/q-2. The summed E-state index contributed by atoms with van der Waals surface area (Å²) in [6.07, 6.45) is 4.60. The molecule has 0 aromatic carbocycles. The van der Waals surface area contributed by atoms with Gasteiger partial charge in [0.1, 0.15) is 0 Å². The lowest BCUT2D eigenvalue weighted by molar-refractivity contribution is -0.235. The van der Waals surface area contributed by atoms with E-state index in [2.05, 4.69) is 4.94 Å². The predicted molar refractivity (Wildman–Crippen MR) is 50.0 cm³/mol. The van der Waals surface area contributed by atoms with Crippen molar-refractivity contribution in [1.82, 2.24) is 10.5 Å². The summed E-state index contributed by atoms with van der Waals surface area (Å²) in [5, 5.41) is 23.1. The van der Waals surface area contributed by atoms with Crippen molar-refractivity contribution in [3.05, 3.63) is 22.6 Å². The molecule has 2 aliphatic rings. The first kappa shape index (κ1) is 10.0. The van der Waals surface area contributed by atoms with E-state index in [4.69, 9.17) is 5.73 Å². The zero-order chi connectivity index (χ0) is 10.3. The van der Waals surface area contributed by atoms with Crippen LogP contribution >= 0.6 is 0 Å². The zero-order valence-electron chi connectivity index (χ0n) is 7.92. The summed E-state index contributed by atoms with van der Waals surface area (Å²) in [6.45, 7) is 1.83. The molecule has 3 unspecified atom stereocenters. The van der Waals surface area contributed by atoms with Crippen LogP contribution in [0, 0.1) is 10.4 Å². The Balaban J connectivity index is 2.19. The molecule has 0 aromatic heterocycles. The molecule has 2 N–H and O–H groups in total. The fourth-order valence-corrected chi connectivity index (χ4v) is 1.93. The molecular formula is C8H13N3O3-2. The molecule has 14 heavy (non-hydrogen) atoms. The lowest BCUT2D eigenvalue weighted by atomic mass is 9.93. The van der Waals surface area contributed by atoms with E-state index in [0.717, 1.165) is 0 Å². The van der Waals surface area contributed by atoms with Crippen LogP contribution in [0.15, 0.2) is 12.2 Å². The van der Waals surface area contributed by atoms with E-state index in [1.807, 2.05) is 19.1 Å². The molecule has 1 heterocycles. The first-order chi connectivity index (χ1) is 6.49. The number of rotatable bonds is 0. The van der Waals surface area contributed by atoms with Gasteiger partial charge in [0.05, 0.1) is 0 Å². The van der Waals surface area contributed by atoms with Gasteiger partial charge >= 0.3 is 0 Å². The monoisotopic (exact) mass is 199 g/mol. The number of hydroxylamine groups is 4. The summed E-state index contributed by atoms with van der Waals surface area (Å²) in [5.74, 6) is 0. The highest BCUT2D eigenvalue weighted by atomic mass is 17.1. The minimum Gasteiger partial charge on any atom is -0.760 e. The van der Waals surface area contributed by atoms with Gasteiger partial charge in [-0.05, 0) is 19.8 Å². The van der Waals surface area contributed by atoms with E-state index < -0.39 is 17.6 Å². The number of nitrogens with two attached hydrogens (primary N) is 1. The largest absolute Gasteiger partial charge is 0.760 e. The molecule has 1 aliphatic heterocycles. The van der Waals surface area contributed by atoms with Crippen molar-refractivity contribution in [1.29, 1.82) is 0 Å². The molecule has 0 amide bonds. The van der Waals surface area contributed by atoms with Crippen LogP contribution in [0.1, 0.15) is 19.8 Å². The SMILES string of the molecule is CC1(N)C=CCC2C(C1)N([O-])ON2[O-]. The average molecular weight is 199 g/mol. The van der Waals surface area contributed by atoms with E-state index in [-0.39, 0.29) is 0 Å². The molecule has 6 heteroatoms. The van der Waals surface area contributed by atoms with E-state index in [9.17, 15) is 10.4 Å². The first-order valence-corrected chi connectivity index (χ1v) is 4.57. The molecule has 2 rings (SSSR count). The van der Waals surface area contributed by atoms with Crippen molar-refractivity contribution in [3.63, 3.8) is 0 Å². The van der Waals surface area contributed by atoms with Crippen LogP contribution in [0.4, 0.5) is 0 Å². The smallest absolute Gasteiger partial charge is 0.0441 e. The van der Waals surface area contributed by atoms with Gasteiger partial charge < -0.3 is 16.1 Å². The van der Waals surface area contributed by atoms with E-state index >= 15 is 0 Å². The summed E-state index contributed by atoms with van der Waals surface area (Å²) >= 11 is 0. The molecule has 1 aliphatic carbocycles. The van der Waals surface area contributed by atoms with Crippen LogP contribution < -0.4 is 5.73 Å². The van der Waals surface area contributed by atoms with Gasteiger partial charge in [0.25, 0.3) is 0 Å². The Bertz CT molecular complexity index is 256. The highest BCUT2D eigenvalue weighted by Crippen LogP contribution is 2.31. The predicted octanol–water partition coefficient (Wildman–Crippen LogP) is 0.251. The maximum absolute atomic E-state index is 11.2. The molecule has 0 saturated carbocycles. The van der Waals surface area contributed by atoms with Crippen LogP contribution in [0.2, 0.25) is 0 Å². The fourth-order valence-electron chi connectivity index (χ4n) is 1.93. The summed E-state index contributed by atoms with van der Waals surface area (Å²) in [7, 11) is 0. The van der Waals surface area contributed by atoms with Crippen molar-refractivity contribution < 1.29 is 4.94 Å². The van der Waals surface area contributed by atoms with Gasteiger partial charge in [-0.1, -0.05) is 12.2 Å². The Morgan fingerprint density at radius 3 is 2.79 bits per heavy atom. The lowest BCUT2D eigenvalue weighted by Gasteiger charge is -2.31. The second-order valence-corrected chi connectivity index (χ2v) is 4.14. The average Bonchev–Trinajstić information content (AvgIpc) is 2.29. The highest BCUT2D eigenvalue weighted by molar-refractivity contribution is 5.10. The van der Waals surface area contributed by atoms with Crippen molar-refractivity contribution in [3.8, 4) is 0 Å². The third-order valence-corrected chi connectivity index (χ3v) is 2.67. The van der Waals surface area contributed by atoms with Crippen LogP contribution in [0.5, 0.6) is 0 Å². The molecule has 0 radical (unpaired) electrons. The minimum absolute atomic E-state index is 0.357. The topological polar surface area (TPSA) is 87.8 Å². The van der Waals surface area contributed by atoms with Gasteiger partial charge in [-0.2, -0.15) is 0 Å². The third-order valence-electron chi connectivity index (χ3n) is 2.67. The van der Waals surface area contributed by atoms with Gasteiger partial charge in [0.15, 0.2) is 0 Å². The molecule has 3 atom stereocenters. The number of hydrogen-bond acceptors (Lipinski definition) is 6. The molecule has 0 aromatic rings. The van der Waals surface area contributed by atoms with Crippen LogP contribution in [-0.4, -0.2) is 28.1 Å². The van der Waals surface area contributed by atoms with Crippen molar-refractivity contribution in [2.24, 2.45) is 5.73 Å². The summed E-state index contributed by atoms with van der Waals surface area (Å²) in [6, 6.07) is -0.911. The fraction of sp³-hybridized carbons (Fsp3) is 0.750. The van der Waals surface area contributed by atoms with Gasteiger partial charge in [-0.3, -0.25) is 0 Å². The Hall–Kier alpha value is -0.500. The quantitative estimate of drug-likeness (QED) is 0.562. The Labute approximate surface area is 82.0 Å². The Morgan fingerprint density at radius 2 is 2.07 bits per heavy atom. The maximum Gasteiger partial charge on any atom is 0.0441 e. The molecule has 80 valence electrons. The maximum atomic E-state index is 11.2. The van der Waals surface area contributed by atoms with Crippen LogP contribution in [-0.2, 0) is 4.94 Å². The van der Waals surface area contributed by atoms with E-state index in [0.29, 0.717) is 23.3 Å². The number of fused-ring (bicyclic) bond motifs is 1. The van der Waals surface area contributed by atoms with E-state index in [1.54, 1.807) is 0 Å². The van der Waals surface area contributed by atoms with Gasteiger partial charge in [0.2, 0.25) is 0 Å². The molecular weight excluding hydrogens is 186 g/mol. The zero-order valence-corrected chi connectivity index (χ0v) is 7.92. The Morgan fingerprint density at radius 1 is 1.43 bits per heavy atom. The van der Waals surface area contributed by atoms with Crippen molar-refractivity contribution in [2.45, 2.75) is 37.4 Å². The molecule has 0 bridgehead atoms. The molecule has 0 spiro atoms. The molecule has 6 nitrogen and oxygen atoms in total. The van der Waals surface area contributed by atoms with Crippen molar-refractivity contribution in [2.75, 3.05) is 0 Å². The number of nitrogens with zero attached hydrogens (tertiary/aromatic N) is 2. The van der Waals surface area contributed by atoms with Gasteiger partial charge in [-0.25, -0.2) is 15.4 Å². The van der Waals surface area contributed by atoms with Gasteiger partial charge in [-0.15, -0.1) is 0 Å². The molecule has 1 saturated heterocycles. The van der Waals surface area contributed by atoms with Gasteiger partial charge in [0, 0.05) is 17.6 Å². The van der Waals surface area contributed by atoms with E-state index in [1.165, 1.54) is 0 Å². The normalized spacial score (nSPS) is 45.1. The second kappa shape index (κ2) is 3.27. The highest BCUT2D eigenvalue weighted by Gasteiger charge is 2.37. The van der Waals surface area contributed by atoms with Crippen molar-refractivity contribution >= 4 is 0 Å². The third kappa shape index (κ3) is 1.68. The number of hydrogen-bond donors (Lipinski definition) is 1. The van der Waals surface area contributed by atoms with Crippen LogP contribution in [0.25, 0.3) is 0 Å². The minimum atomic E-state index is -0.545. The second-order valence-electron chi connectivity index (χ2n) is 4.14. The lowest BCUT2D eigenvalue weighted by Crippen LogP contribution is -2.43. The first-order valence-electron chi connectivity index (χ1n) is 4.57. The summed E-state index contributed by atoms with van der Waals surface area (Å²) in [4.78, 5) is 4.42.